The SMILES string of the molecule is COc1nc(=S)[nH]c2n[nH]c(C)c12. The molecule has 2 aromatic rings. The average Bonchev–Trinajstić information content (AvgIpc) is 2.46. The minimum absolute atomic E-state index is 0.371. The van der Waals surface area contributed by atoms with Gasteiger partial charge in [0, 0.05) is 5.69 Å². The molecule has 6 heteroatoms. The zero-order chi connectivity index (χ0) is 9.42. The molecule has 5 nitrogen and oxygen atoms in total. The lowest BCUT2D eigenvalue weighted by Gasteiger charge is -1.99. The molecule has 0 radical (unpaired) electrons. The van der Waals surface area contributed by atoms with Gasteiger partial charge in [0.15, 0.2) is 5.65 Å². The molecular weight excluding hydrogens is 188 g/mol. The fourth-order valence-electron chi connectivity index (χ4n) is 1.21. The van der Waals surface area contributed by atoms with Crippen molar-refractivity contribution in [2.24, 2.45) is 0 Å². The predicted molar refractivity (Wildman–Crippen MR) is 50.4 cm³/mol. The van der Waals surface area contributed by atoms with Gasteiger partial charge in [-0.15, -0.1) is 0 Å². The third-order valence-electron chi connectivity index (χ3n) is 1.78. The van der Waals surface area contributed by atoms with E-state index in [4.69, 9.17) is 17.0 Å². The number of hydrogen-bond acceptors (Lipinski definition) is 4. The number of H-pyrrole nitrogens is 2. The molecule has 0 aliphatic carbocycles. The molecule has 0 amide bonds. The number of nitrogens with zero attached hydrogens (tertiary/aromatic N) is 2. The summed E-state index contributed by atoms with van der Waals surface area (Å²) < 4.78 is 5.46. The molecule has 2 rings (SSSR count). The van der Waals surface area contributed by atoms with E-state index in [1.54, 1.807) is 7.11 Å². The minimum atomic E-state index is 0.371. The number of nitrogens with one attached hydrogen (secondary N) is 2. The fraction of sp³-hybridized carbons (Fsp3) is 0.286. The van der Waals surface area contributed by atoms with Crippen LogP contribution in [0.4, 0.5) is 0 Å². The van der Waals surface area contributed by atoms with Crippen LogP contribution in [-0.2, 0) is 0 Å². The van der Waals surface area contributed by atoms with Gasteiger partial charge in [0.2, 0.25) is 10.7 Å². The van der Waals surface area contributed by atoms with Crippen molar-refractivity contribution in [2.75, 3.05) is 7.11 Å². The summed E-state index contributed by atoms with van der Waals surface area (Å²) in [7, 11) is 1.56. The number of ether oxygens (including phenoxy) is 1. The van der Waals surface area contributed by atoms with Gasteiger partial charge in [-0.3, -0.25) is 5.10 Å². The fourth-order valence-corrected chi connectivity index (χ4v) is 1.39. The summed E-state index contributed by atoms with van der Waals surface area (Å²) in [5.74, 6) is 0.505. The standard InChI is InChI=1S/C7H8N4OS/c1-3-4-5(11-10-3)8-7(13)9-6(4)12-2/h1-2H3,(H2,8,9,10,11,13). The molecule has 0 saturated carbocycles. The molecule has 0 aromatic carbocycles. The summed E-state index contributed by atoms with van der Waals surface area (Å²) in [6.45, 7) is 1.90. The van der Waals surface area contributed by atoms with Crippen molar-refractivity contribution in [1.82, 2.24) is 20.2 Å². The highest BCUT2D eigenvalue weighted by molar-refractivity contribution is 7.71. The number of hydrogen-bond donors (Lipinski definition) is 2. The maximum Gasteiger partial charge on any atom is 0.228 e. The van der Waals surface area contributed by atoms with Crippen LogP contribution in [-0.4, -0.2) is 27.3 Å². The number of aromatic nitrogens is 4. The van der Waals surface area contributed by atoms with Crippen molar-refractivity contribution in [1.29, 1.82) is 0 Å². The highest BCUT2D eigenvalue weighted by atomic mass is 32.1. The van der Waals surface area contributed by atoms with Gasteiger partial charge in [0.1, 0.15) is 5.39 Å². The quantitative estimate of drug-likeness (QED) is 0.675. The molecule has 68 valence electrons. The van der Waals surface area contributed by atoms with Crippen molar-refractivity contribution < 1.29 is 4.74 Å². The van der Waals surface area contributed by atoms with Crippen LogP contribution >= 0.6 is 12.2 Å². The lowest BCUT2D eigenvalue weighted by molar-refractivity contribution is 0.402. The van der Waals surface area contributed by atoms with Gasteiger partial charge in [-0.2, -0.15) is 10.1 Å². The Bertz CT molecular complexity index is 501. The number of rotatable bonds is 1. The minimum Gasteiger partial charge on any atom is -0.480 e. The van der Waals surface area contributed by atoms with Gasteiger partial charge in [0.25, 0.3) is 0 Å². The van der Waals surface area contributed by atoms with E-state index in [0.717, 1.165) is 11.1 Å². The highest BCUT2D eigenvalue weighted by Crippen LogP contribution is 2.22. The molecule has 0 bridgehead atoms. The summed E-state index contributed by atoms with van der Waals surface area (Å²) in [6.07, 6.45) is 0. The van der Waals surface area contributed by atoms with Crippen LogP contribution in [0.15, 0.2) is 0 Å². The second-order valence-corrected chi connectivity index (χ2v) is 3.01. The maximum absolute atomic E-state index is 5.09. The van der Waals surface area contributed by atoms with Crippen LogP contribution in [0.5, 0.6) is 5.88 Å². The van der Waals surface area contributed by atoms with Crippen molar-refractivity contribution in [3.05, 3.63) is 10.5 Å². The zero-order valence-electron chi connectivity index (χ0n) is 7.21. The van der Waals surface area contributed by atoms with E-state index in [2.05, 4.69) is 20.2 Å². The molecule has 2 aromatic heterocycles. The summed E-state index contributed by atoms with van der Waals surface area (Å²) in [6, 6.07) is 0. The highest BCUT2D eigenvalue weighted by Gasteiger charge is 2.09. The van der Waals surface area contributed by atoms with Crippen LogP contribution in [0.1, 0.15) is 5.69 Å². The van der Waals surface area contributed by atoms with E-state index < -0.39 is 0 Å². The first kappa shape index (κ1) is 8.18. The van der Waals surface area contributed by atoms with Gasteiger partial charge in [-0.05, 0) is 19.1 Å². The third-order valence-corrected chi connectivity index (χ3v) is 1.98. The number of methoxy groups -OCH3 is 1. The van der Waals surface area contributed by atoms with Gasteiger partial charge in [-0.1, -0.05) is 0 Å². The lowest BCUT2D eigenvalue weighted by Crippen LogP contribution is -1.91. The topological polar surface area (TPSA) is 66.6 Å². The second kappa shape index (κ2) is 2.81. The van der Waals surface area contributed by atoms with Crippen molar-refractivity contribution in [3.63, 3.8) is 0 Å². The monoisotopic (exact) mass is 196 g/mol. The number of aryl methyl sites for hydroxylation is 1. The molecule has 13 heavy (non-hydrogen) atoms. The Labute approximate surface area is 79.2 Å². The maximum atomic E-state index is 5.09. The number of fused-ring (bicyclic) bond motifs is 1. The Balaban J connectivity index is 2.93. The van der Waals surface area contributed by atoms with E-state index in [1.807, 2.05) is 6.92 Å². The molecule has 0 saturated heterocycles. The van der Waals surface area contributed by atoms with Gasteiger partial charge in [0.05, 0.1) is 7.11 Å². The first-order valence-electron chi connectivity index (χ1n) is 3.71. The number of aromatic amines is 2. The smallest absolute Gasteiger partial charge is 0.228 e. The Morgan fingerprint density at radius 3 is 2.92 bits per heavy atom. The van der Waals surface area contributed by atoms with Crippen molar-refractivity contribution in [2.45, 2.75) is 6.92 Å². The Hall–Kier alpha value is -1.43. The molecule has 0 aliphatic heterocycles. The molecule has 0 atom stereocenters. The van der Waals surface area contributed by atoms with Crippen molar-refractivity contribution in [3.8, 4) is 5.88 Å². The zero-order valence-corrected chi connectivity index (χ0v) is 8.03. The summed E-state index contributed by atoms with van der Waals surface area (Å²) in [4.78, 5) is 6.90. The van der Waals surface area contributed by atoms with Crippen LogP contribution < -0.4 is 4.74 Å². The summed E-state index contributed by atoms with van der Waals surface area (Å²) >= 11 is 4.90. The molecule has 0 fully saturated rings. The predicted octanol–water partition coefficient (Wildman–Crippen LogP) is 1.33. The molecule has 2 heterocycles. The Morgan fingerprint density at radius 1 is 1.46 bits per heavy atom. The Morgan fingerprint density at radius 2 is 2.23 bits per heavy atom. The average molecular weight is 196 g/mol. The normalized spacial score (nSPS) is 10.6. The first-order chi connectivity index (χ1) is 6.22. The van der Waals surface area contributed by atoms with E-state index >= 15 is 0 Å². The van der Waals surface area contributed by atoms with Crippen LogP contribution in [0.2, 0.25) is 0 Å². The molecule has 2 N–H and O–H groups in total. The van der Waals surface area contributed by atoms with Crippen molar-refractivity contribution >= 4 is 23.3 Å². The van der Waals surface area contributed by atoms with Crippen LogP contribution in [0.3, 0.4) is 0 Å². The van der Waals surface area contributed by atoms with E-state index in [9.17, 15) is 0 Å². The van der Waals surface area contributed by atoms with E-state index in [0.29, 0.717) is 16.3 Å². The molecule has 0 unspecified atom stereocenters. The van der Waals surface area contributed by atoms with Crippen LogP contribution in [0, 0.1) is 11.7 Å². The second-order valence-electron chi connectivity index (χ2n) is 2.62. The van der Waals surface area contributed by atoms with E-state index in [1.165, 1.54) is 0 Å². The van der Waals surface area contributed by atoms with Crippen LogP contribution in [0.25, 0.3) is 11.0 Å². The van der Waals surface area contributed by atoms with Gasteiger partial charge in [-0.25, -0.2) is 0 Å². The Kier molecular flexibility index (Phi) is 1.77. The largest absolute Gasteiger partial charge is 0.480 e. The molecular formula is C7H8N4OS. The summed E-state index contributed by atoms with van der Waals surface area (Å²) in [5.41, 5.74) is 1.58. The van der Waals surface area contributed by atoms with E-state index in [-0.39, 0.29) is 0 Å². The van der Waals surface area contributed by atoms with Gasteiger partial charge < -0.3 is 9.72 Å². The molecule has 0 aliphatic rings. The first-order valence-corrected chi connectivity index (χ1v) is 4.12. The molecule has 0 spiro atoms. The summed E-state index contributed by atoms with van der Waals surface area (Å²) in [5, 5.41) is 7.70. The van der Waals surface area contributed by atoms with Gasteiger partial charge >= 0.3 is 0 Å². The third kappa shape index (κ3) is 1.19. The lowest BCUT2D eigenvalue weighted by atomic mass is 10.3.